The molecule has 3 heterocycles. The van der Waals surface area contributed by atoms with Gasteiger partial charge in [-0.2, -0.15) is 0 Å². The summed E-state index contributed by atoms with van der Waals surface area (Å²) in [4.78, 5) is 0. The molecule has 0 saturated heterocycles. The van der Waals surface area contributed by atoms with Crippen LogP contribution >= 0.6 is 0 Å². The highest BCUT2D eigenvalue weighted by atomic mass is 16.3. The van der Waals surface area contributed by atoms with Crippen molar-refractivity contribution in [1.29, 1.82) is 0 Å². The highest BCUT2D eigenvalue weighted by molar-refractivity contribution is 6.12. The zero-order valence-electron chi connectivity index (χ0n) is 9.50. The summed E-state index contributed by atoms with van der Waals surface area (Å²) in [7, 11) is 0. The molecule has 3 aromatic rings. The molecule has 3 nitrogen and oxygen atoms in total. The fourth-order valence-corrected chi connectivity index (χ4v) is 2.38. The van der Waals surface area contributed by atoms with E-state index in [1.165, 1.54) is 0 Å². The molecule has 0 fully saturated rings. The molecule has 0 spiro atoms. The van der Waals surface area contributed by atoms with Gasteiger partial charge in [-0.1, -0.05) is 0 Å². The Morgan fingerprint density at radius 2 is 1.22 bits per heavy atom. The lowest BCUT2D eigenvalue weighted by atomic mass is 10.1. The van der Waals surface area contributed by atoms with Crippen LogP contribution in [0.4, 0.5) is 0 Å². The molecule has 0 N–H and O–H groups in total. The van der Waals surface area contributed by atoms with Crippen molar-refractivity contribution >= 4 is 11.1 Å². The van der Waals surface area contributed by atoms with E-state index in [0.29, 0.717) is 0 Å². The Labute approximate surface area is 103 Å². The lowest BCUT2D eigenvalue weighted by Gasteiger charge is -1.94. The van der Waals surface area contributed by atoms with E-state index >= 15 is 0 Å². The topological polar surface area (TPSA) is 39.4 Å². The van der Waals surface area contributed by atoms with Gasteiger partial charge in [-0.05, 0) is 36.4 Å². The van der Waals surface area contributed by atoms with Crippen LogP contribution in [0.1, 0.15) is 23.2 Å². The van der Waals surface area contributed by atoms with E-state index < -0.39 is 0 Å². The third-order valence-electron chi connectivity index (χ3n) is 3.19. The van der Waals surface area contributed by atoms with Gasteiger partial charge in [0.2, 0.25) is 0 Å². The number of rotatable bonds is 3. The van der Waals surface area contributed by atoms with Crippen molar-refractivity contribution in [3.63, 3.8) is 0 Å². The molecular formula is C15H10O3. The van der Waals surface area contributed by atoms with Gasteiger partial charge in [0, 0.05) is 11.1 Å². The minimum absolute atomic E-state index is 0.150. The molecule has 0 saturated carbocycles. The normalized spacial score (nSPS) is 15.3. The molecule has 0 unspecified atom stereocenters. The van der Waals surface area contributed by atoms with Gasteiger partial charge in [-0.15, -0.1) is 0 Å². The molecule has 0 bridgehead atoms. The highest BCUT2D eigenvalue weighted by Crippen LogP contribution is 2.59. The van der Waals surface area contributed by atoms with Crippen LogP contribution in [-0.4, -0.2) is 0 Å². The van der Waals surface area contributed by atoms with Gasteiger partial charge in [0.25, 0.3) is 0 Å². The molecule has 0 aliphatic heterocycles. The summed E-state index contributed by atoms with van der Waals surface area (Å²) in [5.74, 6) is 2.83. The van der Waals surface area contributed by atoms with Gasteiger partial charge < -0.3 is 13.3 Å². The smallest absolute Gasteiger partial charge is 0.131 e. The number of hydrogen-bond donors (Lipinski definition) is 0. The summed E-state index contributed by atoms with van der Waals surface area (Å²) in [6.07, 6.45) is 5.05. The fraction of sp³-hybridized carbons (Fsp3) is 0.0667. The monoisotopic (exact) mass is 238 g/mol. The van der Waals surface area contributed by atoms with Crippen molar-refractivity contribution in [2.75, 3.05) is 0 Å². The van der Waals surface area contributed by atoms with Crippen LogP contribution in [-0.2, 0) is 0 Å². The molecule has 0 aromatic carbocycles. The third kappa shape index (κ3) is 1.31. The zero-order valence-corrected chi connectivity index (χ0v) is 9.50. The van der Waals surface area contributed by atoms with Crippen LogP contribution in [0.3, 0.4) is 0 Å². The summed E-state index contributed by atoms with van der Waals surface area (Å²) in [6, 6.07) is 11.6. The van der Waals surface area contributed by atoms with Crippen molar-refractivity contribution in [3.05, 3.63) is 72.5 Å². The van der Waals surface area contributed by atoms with E-state index in [1.54, 1.807) is 18.8 Å². The Morgan fingerprint density at radius 3 is 1.67 bits per heavy atom. The first-order valence-corrected chi connectivity index (χ1v) is 5.80. The number of allylic oxidation sites excluding steroid dienone is 2. The van der Waals surface area contributed by atoms with Crippen LogP contribution in [0.25, 0.3) is 11.1 Å². The Balaban J connectivity index is 1.80. The van der Waals surface area contributed by atoms with Crippen LogP contribution in [0, 0.1) is 0 Å². The van der Waals surface area contributed by atoms with Crippen LogP contribution in [0.2, 0.25) is 0 Å². The fourth-order valence-electron chi connectivity index (χ4n) is 2.38. The van der Waals surface area contributed by atoms with E-state index in [-0.39, 0.29) is 5.92 Å². The van der Waals surface area contributed by atoms with Gasteiger partial charge in [-0.3, -0.25) is 0 Å². The Bertz CT molecular complexity index is 626. The van der Waals surface area contributed by atoms with Crippen LogP contribution in [0.5, 0.6) is 0 Å². The molecule has 18 heavy (non-hydrogen) atoms. The summed E-state index contributed by atoms with van der Waals surface area (Å²) in [5, 5.41) is 0. The van der Waals surface area contributed by atoms with Gasteiger partial charge in [0.1, 0.15) is 17.3 Å². The lowest BCUT2D eigenvalue weighted by Crippen LogP contribution is -1.80. The first kappa shape index (κ1) is 9.59. The Morgan fingerprint density at radius 1 is 0.667 bits per heavy atom. The zero-order chi connectivity index (χ0) is 11.9. The predicted molar refractivity (Wildman–Crippen MR) is 65.7 cm³/mol. The largest absolute Gasteiger partial charge is 0.468 e. The predicted octanol–water partition coefficient (Wildman–Crippen LogP) is 4.17. The van der Waals surface area contributed by atoms with Gasteiger partial charge in [0.05, 0.1) is 24.7 Å². The molecule has 3 aromatic heterocycles. The first-order chi connectivity index (χ1) is 8.95. The SMILES string of the molecule is c1coc(C2=C(c3ccco3)C2c2ccco2)c1. The van der Waals surface area contributed by atoms with Crippen molar-refractivity contribution in [3.8, 4) is 0 Å². The lowest BCUT2D eigenvalue weighted by molar-refractivity contribution is 0.513. The van der Waals surface area contributed by atoms with Gasteiger partial charge in [0.15, 0.2) is 0 Å². The minimum atomic E-state index is 0.150. The molecular weight excluding hydrogens is 228 g/mol. The van der Waals surface area contributed by atoms with E-state index in [4.69, 9.17) is 13.3 Å². The Kier molecular flexibility index (Phi) is 1.88. The summed E-state index contributed by atoms with van der Waals surface area (Å²) < 4.78 is 16.4. The first-order valence-electron chi connectivity index (χ1n) is 5.80. The van der Waals surface area contributed by atoms with Gasteiger partial charge in [-0.25, -0.2) is 0 Å². The quantitative estimate of drug-likeness (QED) is 0.687. The summed E-state index contributed by atoms with van der Waals surface area (Å²) in [5.41, 5.74) is 2.29. The minimum Gasteiger partial charge on any atom is -0.468 e. The van der Waals surface area contributed by atoms with Crippen molar-refractivity contribution < 1.29 is 13.3 Å². The van der Waals surface area contributed by atoms with Crippen LogP contribution < -0.4 is 0 Å². The van der Waals surface area contributed by atoms with E-state index in [1.807, 2.05) is 36.4 Å². The van der Waals surface area contributed by atoms with Crippen molar-refractivity contribution in [2.24, 2.45) is 0 Å². The second-order valence-electron chi connectivity index (χ2n) is 4.23. The molecule has 0 radical (unpaired) electrons. The van der Waals surface area contributed by atoms with Crippen molar-refractivity contribution in [2.45, 2.75) is 5.92 Å². The number of furan rings is 3. The second-order valence-corrected chi connectivity index (χ2v) is 4.23. The maximum Gasteiger partial charge on any atom is 0.131 e. The standard InChI is InChI=1S/C15H10O3/c1-4-10(16-7-1)13-14(11-5-2-8-17-11)15(13)12-6-3-9-18-12/h1-9,13H. The van der Waals surface area contributed by atoms with Crippen LogP contribution in [0.15, 0.2) is 68.4 Å². The number of hydrogen-bond acceptors (Lipinski definition) is 3. The maximum absolute atomic E-state index is 5.49. The Hall–Kier alpha value is -2.42. The third-order valence-corrected chi connectivity index (χ3v) is 3.19. The average molecular weight is 238 g/mol. The summed E-state index contributed by atoms with van der Waals surface area (Å²) in [6.45, 7) is 0. The van der Waals surface area contributed by atoms with Gasteiger partial charge >= 0.3 is 0 Å². The summed E-state index contributed by atoms with van der Waals surface area (Å²) >= 11 is 0. The van der Waals surface area contributed by atoms with Crippen molar-refractivity contribution in [1.82, 2.24) is 0 Å². The molecule has 1 aliphatic rings. The molecule has 4 rings (SSSR count). The van der Waals surface area contributed by atoms with E-state index in [0.717, 1.165) is 28.4 Å². The molecule has 0 amide bonds. The molecule has 0 atom stereocenters. The molecule has 1 aliphatic carbocycles. The molecule has 3 heteroatoms. The molecule has 88 valence electrons. The highest BCUT2D eigenvalue weighted by Gasteiger charge is 2.44. The van der Waals surface area contributed by atoms with E-state index in [2.05, 4.69) is 0 Å². The second kappa shape index (κ2) is 3.53. The van der Waals surface area contributed by atoms with E-state index in [9.17, 15) is 0 Å². The average Bonchev–Trinajstić information content (AvgIpc) is 3.00. The maximum atomic E-state index is 5.49.